The van der Waals surface area contributed by atoms with Crippen molar-refractivity contribution in [1.82, 2.24) is 4.31 Å². The van der Waals surface area contributed by atoms with Crippen LogP contribution in [0.4, 0.5) is 4.39 Å². The van der Waals surface area contributed by atoms with Crippen molar-refractivity contribution in [3.05, 3.63) is 29.6 Å². The summed E-state index contributed by atoms with van der Waals surface area (Å²) in [5.74, 6) is -2.37. The van der Waals surface area contributed by atoms with Gasteiger partial charge in [0.25, 0.3) is 0 Å². The summed E-state index contributed by atoms with van der Waals surface area (Å²) in [6.45, 7) is 2.50. The smallest absolute Gasteiger partial charge is 0.335 e. The molecule has 0 aliphatic carbocycles. The van der Waals surface area contributed by atoms with Crippen LogP contribution in [0.25, 0.3) is 0 Å². The van der Waals surface area contributed by atoms with Gasteiger partial charge >= 0.3 is 5.97 Å². The summed E-state index contributed by atoms with van der Waals surface area (Å²) >= 11 is 0. The van der Waals surface area contributed by atoms with Gasteiger partial charge in [0.1, 0.15) is 10.7 Å². The molecule has 116 valence electrons. The zero-order valence-electron chi connectivity index (χ0n) is 11.5. The lowest BCUT2D eigenvalue weighted by molar-refractivity contribution is 0.0313. The number of carbonyl (C=O) groups is 1. The third-order valence-electron chi connectivity index (χ3n) is 3.41. The first-order valence-electron chi connectivity index (χ1n) is 6.50. The number of aromatic carboxylic acids is 1. The lowest BCUT2D eigenvalue weighted by atomic mass is 10.2. The van der Waals surface area contributed by atoms with Crippen molar-refractivity contribution in [3.8, 4) is 0 Å². The highest BCUT2D eigenvalue weighted by Gasteiger charge is 2.34. The molecule has 2 rings (SSSR count). The average Bonchev–Trinajstić information content (AvgIpc) is 2.46. The summed E-state index contributed by atoms with van der Waals surface area (Å²) in [6, 6.07) is 2.45. The van der Waals surface area contributed by atoms with Gasteiger partial charge in [0.15, 0.2) is 0 Å². The van der Waals surface area contributed by atoms with Gasteiger partial charge < -0.3 is 9.84 Å². The molecular formula is C13H16FNO5S. The van der Waals surface area contributed by atoms with Crippen LogP contribution in [0.3, 0.4) is 0 Å². The van der Waals surface area contributed by atoms with Gasteiger partial charge in [-0.1, -0.05) is 6.92 Å². The van der Waals surface area contributed by atoms with Crippen LogP contribution in [0.1, 0.15) is 23.7 Å². The van der Waals surface area contributed by atoms with Crippen molar-refractivity contribution in [2.45, 2.75) is 24.3 Å². The fourth-order valence-electron chi connectivity index (χ4n) is 2.25. The van der Waals surface area contributed by atoms with Gasteiger partial charge in [-0.3, -0.25) is 0 Å². The number of rotatable bonds is 4. The molecule has 1 aromatic rings. The second-order valence-corrected chi connectivity index (χ2v) is 6.56. The minimum atomic E-state index is -4.01. The monoisotopic (exact) mass is 317 g/mol. The van der Waals surface area contributed by atoms with Crippen LogP contribution in [0, 0.1) is 5.82 Å². The number of morpholine rings is 1. The van der Waals surface area contributed by atoms with Gasteiger partial charge in [0.2, 0.25) is 10.0 Å². The molecule has 0 aromatic heterocycles. The molecule has 1 N–H and O–H groups in total. The standard InChI is InChI=1S/C13H16FNO5S/c1-2-10-8-20-6-5-15(10)21(18,19)12-4-3-9(13(16)17)7-11(12)14/h3-4,7,10H,2,5-6,8H2,1H3,(H,16,17). The van der Waals surface area contributed by atoms with Crippen LogP contribution in [0.5, 0.6) is 0 Å². The van der Waals surface area contributed by atoms with Crippen LogP contribution < -0.4 is 0 Å². The van der Waals surface area contributed by atoms with Crippen molar-refractivity contribution >= 4 is 16.0 Å². The molecule has 1 aromatic carbocycles. The molecule has 6 nitrogen and oxygen atoms in total. The molecule has 1 atom stereocenters. The first-order valence-corrected chi connectivity index (χ1v) is 7.94. The normalized spacial score (nSPS) is 20.4. The van der Waals surface area contributed by atoms with Crippen LogP contribution in [-0.2, 0) is 14.8 Å². The summed E-state index contributed by atoms with van der Waals surface area (Å²) in [4.78, 5) is 10.3. The molecule has 21 heavy (non-hydrogen) atoms. The molecule has 0 spiro atoms. The quantitative estimate of drug-likeness (QED) is 0.905. The number of nitrogens with zero attached hydrogens (tertiary/aromatic N) is 1. The zero-order chi connectivity index (χ0) is 15.6. The average molecular weight is 317 g/mol. The van der Waals surface area contributed by atoms with Crippen LogP contribution in [-0.4, -0.2) is 49.6 Å². The lowest BCUT2D eigenvalue weighted by Gasteiger charge is -2.34. The van der Waals surface area contributed by atoms with E-state index in [0.29, 0.717) is 6.42 Å². The van der Waals surface area contributed by atoms with Gasteiger partial charge in [-0.25, -0.2) is 17.6 Å². The highest BCUT2D eigenvalue weighted by Crippen LogP contribution is 2.24. The van der Waals surface area contributed by atoms with E-state index in [2.05, 4.69) is 0 Å². The zero-order valence-corrected chi connectivity index (χ0v) is 12.3. The second kappa shape index (κ2) is 6.08. The molecule has 1 saturated heterocycles. The Bertz CT molecular complexity index is 646. The summed E-state index contributed by atoms with van der Waals surface area (Å²) in [7, 11) is -4.01. The number of carboxylic acids is 1. The number of sulfonamides is 1. The largest absolute Gasteiger partial charge is 0.478 e. The maximum Gasteiger partial charge on any atom is 0.335 e. The number of benzene rings is 1. The Hall–Kier alpha value is -1.51. The Morgan fingerprint density at radius 1 is 1.52 bits per heavy atom. The third-order valence-corrected chi connectivity index (χ3v) is 5.40. The highest BCUT2D eigenvalue weighted by molar-refractivity contribution is 7.89. The van der Waals surface area contributed by atoms with E-state index in [9.17, 15) is 17.6 Å². The van der Waals surface area contributed by atoms with Gasteiger partial charge in [-0.2, -0.15) is 4.31 Å². The predicted octanol–water partition coefficient (Wildman–Crippen LogP) is 1.32. The third kappa shape index (κ3) is 3.07. The number of halogens is 1. The molecule has 0 radical (unpaired) electrons. The topological polar surface area (TPSA) is 83.9 Å². The second-order valence-electron chi connectivity index (χ2n) is 4.70. The van der Waals surface area contributed by atoms with Crippen molar-refractivity contribution in [3.63, 3.8) is 0 Å². The van der Waals surface area contributed by atoms with Crippen LogP contribution in [0.15, 0.2) is 23.1 Å². The SMILES string of the molecule is CCC1COCCN1S(=O)(=O)c1ccc(C(=O)O)cc1F. The summed E-state index contributed by atoms with van der Waals surface area (Å²) < 4.78 is 45.5. The van der Waals surface area contributed by atoms with Crippen LogP contribution in [0.2, 0.25) is 0 Å². The molecule has 0 bridgehead atoms. The van der Waals surface area contributed by atoms with Gasteiger partial charge in [0, 0.05) is 12.6 Å². The number of ether oxygens (including phenoxy) is 1. The molecule has 8 heteroatoms. The Kier molecular flexibility index (Phi) is 4.60. The predicted molar refractivity (Wildman–Crippen MR) is 72.1 cm³/mol. The molecular weight excluding hydrogens is 301 g/mol. The van der Waals surface area contributed by atoms with Crippen LogP contribution >= 0.6 is 0 Å². The number of hydrogen-bond donors (Lipinski definition) is 1. The summed E-state index contributed by atoms with van der Waals surface area (Å²) in [5.41, 5.74) is -0.291. The van der Waals surface area contributed by atoms with E-state index < -0.39 is 26.7 Å². The summed E-state index contributed by atoms with van der Waals surface area (Å²) in [6.07, 6.45) is 0.550. The van der Waals surface area contributed by atoms with Crippen molar-refractivity contribution in [2.24, 2.45) is 0 Å². The Balaban J connectivity index is 2.41. The Labute approximate surface area is 122 Å². The van der Waals surface area contributed by atoms with E-state index >= 15 is 0 Å². The fourth-order valence-corrected chi connectivity index (χ4v) is 3.96. The fraction of sp³-hybridized carbons (Fsp3) is 0.462. The lowest BCUT2D eigenvalue weighted by Crippen LogP contribution is -2.48. The summed E-state index contributed by atoms with van der Waals surface area (Å²) in [5, 5.41) is 8.79. The Morgan fingerprint density at radius 3 is 2.81 bits per heavy atom. The number of carboxylic acid groups (broad SMARTS) is 1. The van der Waals surface area contributed by atoms with E-state index in [1.54, 1.807) is 0 Å². The highest BCUT2D eigenvalue weighted by atomic mass is 32.2. The van der Waals surface area contributed by atoms with Crippen molar-refractivity contribution < 1.29 is 27.4 Å². The minimum absolute atomic E-state index is 0.154. The van der Waals surface area contributed by atoms with E-state index in [0.717, 1.165) is 18.2 Å². The van der Waals surface area contributed by atoms with E-state index in [1.165, 1.54) is 4.31 Å². The first kappa shape index (κ1) is 15.9. The van der Waals surface area contributed by atoms with Gasteiger partial charge in [-0.05, 0) is 24.6 Å². The van der Waals surface area contributed by atoms with E-state index in [-0.39, 0.29) is 31.4 Å². The maximum atomic E-state index is 14.0. The molecule has 1 unspecified atom stereocenters. The van der Waals surface area contributed by atoms with Gasteiger partial charge in [-0.15, -0.1) is 0 Å². The molecule has 1 aliphatic rings. The molecule has 1 heterocycles. The molecule has 1 aliphatic heterocycles. The number of hydrogen-bond acceptors (Lipinski definition) is 4. The van der Waals surface area contributed by atoms with Crippen molar-refractivity contribution in [2.75, 3.05) is 19.8 Å². The van der Waals surface area contributed by atoms with Gasteiger partial charge in [0.05, 0.1) is 18.8 Å². The first-order chi connectivity index (χ1) is 9.87. The van der Waals surface area contributed by atoms with Crippen molar-refractivity contribution in [1.29, 1.82) is 0 Å². The van der Waals surface area contributed by atoms with E-state index in [4.69, 9.17) is 9.84 Å². The molecule has 1 fully saturated rings. The maximum absolute atomic E-state index is 14.0. The Morgan fingerprint density at radius 2 is 2.24 bits per heavy atom. The molecule has 0 amide bonds. The molecule has 0 saturated carbocycles. The minimum Gasteiger partial charge on any atom is -0.478 e. The van der Waals surface area contributed by atoms with E-state index in [1.807, 2.05) is 6.92 Å².